The van der Waals surface area contributed by atoms with Gasteiger partial charge in [0.25, 0.3) is 0 Å². The molecule has 6 aromatic carbocycles. The van der Waals surface area contributed by atoms with Gasteiger partial charge in [0.1, 0.15) is 22.9 Å². The third-order valence-corrected chi connectivity index (χ3v) is 13.7. The van der Waals surface area contributed by atoms with Crippen molar-refractivity contribution in [1.29, 1.82) is 0 Å². The fourth-order valence-corrected chi connectivity index (χ4v) is 10.4. The molecule has 9 nitrogen and oxygen atoms in total. The molecule has 2 amide bonds. The van der Waals surface area contributed by atoms with Crippen molar-refractivity contribution >= 4 is 84.7 Å². The number of hydrogen-bond donors (Lipinski definition) is 4. The van der Waals surface area contributed by atoms with E-state index in [4.69, 9.17) is 0 Å². The number of nitrogens with zero attached hydrogens (tertiary/aromatic N) is 1. The number of anilines is 1. The topological polar surface area (TPSA) is 137 Å². The van der Waals surface area contributed by atoms with Crippen LogP contribution in [-0.2, 0) is 38.9 Å². The summed E-state index contributed by atoms with van der Waals surface area (Å²) in [6.45, 7) is 4.96. The molecule has 8 rings (SSSR count). The van der Waals surface area contributed by atoms with Crippen molar-refractivity contribution in [3.8, 4) is 16.9 Å². The number of nitrogens with one attached hydrogen (secondary N) is 3. The van der Waals surface area contributed by atoms with Crippen LogP contribution < -0.4 is 15.4 Å². The number of benzene rings is 6. The van der Waals surface area contributed by atoms with Crippen molar-refractivity contribution in [2.24, 2.45) is 0 Å². The largest absolute Gasteiger partial charge is 0.505 e. The highest BCUT2D eigenvalue weighted by Gasteiger charge is 2.29. The van der Waals surface area contributed by atoms with Gasteiger partial charge in [0.05, 0.1) is 5.69 Å². The smallest absolute Gasteiger partial charge is 0.247 e. The van der Waals surface area contributed by atoms with Crippen LogP contribution in [0.5, 0.6) is 5.75 Å². The number of amides is 2. The number of carbonyl (C=O) groups excluding carboxylic acids is 2. The zero-order chi connectivity index (χ0) is 43.4. The number of rotatable bonds is 15. The zero-order valence-corrected chi connectivity index (χ0v) is 37.9. The van der Waals surface area contributed by atoms with Gasteiger partial charge in [0.15, 0.2) is 0 Å². The maximum absolute atomic E-state index is 14.5. The van der Waals surface area contributed by atoms with Crippen LogP contribution in [0.25, 0.3) is 43.4 Å². The first-order valence-electron chi connectivity index (χ1n) is 21.1. The minimum atomic E-state index is -4.03. The van der Waals surface area contributed by atoms with E-state index in [-0.39, 0.29) is 54.8 Å². The van der Waals surface area contributed by atoms with Gasteiger partial charge in [-0.25, -0.2) is 17.5 Å². The van der Waals surface area contributed by atoms with E-state index in [0.717, 1.165) is 69.1 Å². The van der Waals surface area contributed by atoms with Gasteiger partial charge in [-0.1, -0.05) is 91.0 Å². The summed E-state index contributed by atoms with van der Waals surface area (Å²) >= 11 is 0. The predicted octanol–water partition coefficient (Wildman–Crippen LogP) is 10.8. The summed E-state index contributed by atoms with van der Waals surface area (Å²) in [5, 5.41) is 23.3. The second kappa shape index (κ2) is 20.8. The molecule has 64 heavy (non-hydrogen) atoms. The molecule has 1 heterocycles. The Hall–Kier alpha value is -5.85. The lowest BCUT2D eigenvalue weighted by atomic mass is 9.83. The number of phenols is 1. The van der Waals surface area contributed by atoms with Crippen LogP contribution in [0, 0.1) is 5.82 Å². The number of hydrogen-bond acceptors (Lipinski definition) is 6. The fraction of sp³-hybridized carbons (Fsp3) is 0.235. The number of pyridine rings is 1. The highest BCUT2D eigenvalue weighted by Crippen LogP contribution is 2.49. The average molecular weight is 922 g/mol. The standard InChI is InChI=1S/C51H49FN4O5S.2ClH/c1-3-47(41-22-10-11-23-45(41)52)62(60,61)54-28-13-12-24-46(55-32(2)57)51(59)56-49-44(29-33-15-14-27-53-31-33)38-20-8-9-21-40(38)48(50(49)58)43-30-42-35-17-5-4-16-34(35)25-26-39(42)36-18-6-7-19-37(36)43;;/h3,6-11,14-15,18-23,25-27,30-31,46-47,54,58H,1,4-5,12-13,16-17,24,28-29H2,2H3,(H,55,57)(H,56,59);2*1H. The highest BCUT2D eigenvalue weighted by molar-refractivity contribution is 7.89. The van der Waals surface area contributed by atoms with Gasteiger partial charge in [0, 0.05) is 43.4 Å². The van der Waals surface area contributed by atoms with Gasteiger partial charge in [-0.2, -0.15) is 0 Å². The second-order valence-electron chi connectivity index (χ2n) is 16.0. The van der Waals surface area contributed by atoms with Crippen molar-refractivity contribution in [1.82, 2.24) is 15.0 Å². The first kappa shape index (κ1) is 47.6. The molecule has 7 aromatic rings. The summed E-state index contributed by atoms with van der Waals surface area (Å²) in [5.74, 6) is -1.69. The quantitative estimate of drug-likeness (QED) is 0.0350. The number of halogens is 3. The maximum atomic E-state index is 14.5. The SMILES string of the molecule is C=CC(c1ccccc1F)S(=O)(=O)NCCCCC(NC(C)=O)C(=O)Nc1c(O)c(-c2cc3c4c(ccc3c3ccccc23)CCCC4)c2ccccc2c1Cc1cccnc1.Cl.Cl. The third kappa shape index (κ3) is 9.78. The molecule has 0 aliphatic heterocycles. The van der Waals surface area contributed by atoms with Gasteiger partial charge in [-0.05, 0) is 123 Å². The van der Waals surface area contributed by atoms with Crippen LogP contribution in [0.1, 0.15) is 72.1 Å². The normalized spacial score (nSPS) is 13.3. The minimum Gasteiger partial charge on any atom is -0.505 e. The molecule has 13 heteroatoms. The molecular weight excluding hydrogens is 871 g/mol. The van der Waals surface area contributed by atoms with Crippen molar-refractivity contribution in [3.05, 3.63) is 162 Å². The van der Waals surface area contributed by atoms with Crippen LogP contribution >= 0.6 is 24.8 Å². The van der Waals surface area contributed by atoms with Crippen LogP contribution in [0.3, 0.4) is 0 Å². The van der Waals surface area contributed by atoms with Gasteiger partial charge >= 0.3 is 0 Å². The number of fused-ring (bicyclic) bond motifs is 6. The van der Waals surface area contributed by atoms with Gasteiger partial charge in [-0.3, -0.25) is 14.6 Å². The Labute approximate surface area is 385 Å². The molecular formula is C51H51Cl2FN4O5S. The molecule has 0 spiro atoms. The van der Waals surface area contributed by atoms with Crippen LogP contribution in [0.15, 0.2) is 128 Å². The molecule has 0 bridgehead atoms. The van der Waals surface area contributed by atoms with E-state index in [1.165, 1.54) is 42.3 Å². The highest BCUT2D eigenvalue weighted by atomic mass is 35.5. The summed E-state index contributed by atoms with van der Waals surface area (Å²) in [5.41, 5.74) is 5.91. The van der Waals surface area contributed by atoms with E-state index >= 15 is 0 Å². The number of sulfonamides is 1. The predicted molar refractivity (Wildman–Crippen MR) is 261 cm³/mol. The van der Waals surface area contributed by atoms with Crippen molar-refractivity contribution in [2.75, 3.05) is 11.9 Å². The molecule has 2 unspecified atom stereocenters. The minimum absolute atomic E-state index is 0. The van der Waals surface area contributed by atoms with E-state index in [1.807, 2.05) is 48.5 Å². The molecule has 1 aromatic heterocycles. The first-order chi connectivity index (χ1) is 30.1. The van der Waals surface area contributed by atoms with E-state index in [2.05, 4.69) is 57.3 Å². The van der Waals surface area contributed by atoms with Crippen molar-refractivity contribution < 1.29 is 27.5 Å². The molecule has 4 N–H and O–H groups in total. The van der Waals surface area contributed by atoms with E-state index in [0.29, 0.717) is 30.4 Å². The number of aromatic nitrogens is 1. The Morgan fingerprint density at radius 1 is 0.844 bits per heavy atom. The Kier molecular flexibility index (Phi) is 15.5. The second-order valence-corrected chi connectivity index (χ2v) is 17.9. The number of phenolic OH excluding ortho intramolecular Hbond substituents is 1. The molecule has 0 radical (unpaired) electrons. The van der Waals surface area contributed by atoms with Crippen LogP contribution in [0.4, 0.5) is 10.1 Å². The number of aryl methyl sites for hydroxylation is 2. The van der Waals surface area contributed by atoms with E-state index < -0.39 is 38.9 Å². The Morgan fingerprint density at radius 2 is 1.53 bits per heavy atom. The summed E-state index contributed by atoms with van der Waals surface area (Å²) in [7, 11) is -4.03. The lowest BCUT2D eigenvalue weighted by molar-refractivity contribution is -0.125. The van der Waals surface area contributed by atoms with Crippen LogP contribution in [-0.4, -0.2) is 42.9 Å². The molecule has 0 saturated carbocycles. The molecule has 332 valence electrons. The average Bonchev–Trinajstić information content (AvgIpc) is 3.28. The van der Waals surface area contributed by atoms with E-state index in [1.54, 1.807) is 18.5 Å². The lowest BCUT2D eigenvalue weighted by Crippen LogP contribution is -2.43. The molecule has 0 fully saturated rings. The van der Waals surface area contributed by atoms with E-state index in [9.17, 15) is 27.5 Å². The molecule has 0 saturated heterocycles. The third-order valence-electron chi connectivity index (χ3n) is 12.0. The number of carbonyl (C=O) groups is 2. The number of unbranched alkanes of at least 4 members (excludes halogenated alkanes) is 1. The molecule has 2 atom stereocenters. The Balaban J connectivity index is 0.00000340. The van der Waals surface area contributed by atoms with Crippen LogP contribution in [0.2, 0.25) is 0 Å². The number of aromatic hydroxyl groups is 1. The summed E-state index contributed by atoms with van der Waals surface area (Å²) in [6, 6.07) is 31.2. The molecule has 1 aliphatic rings. The summed E-state index contributed by atoms with van der Waals surface area (Å²) < 4.78 is 43.4. The van der Waals surface area contributed by atoms with Gasteiger partial charge in [0.2, 0.25) is 21.8 Å². The summed E-state index contributed by atoms with van der Waals surface area (Å²) in [4.78, 5) is 31.3. The first-order valence-corrected chi connectivity index (χ1v) is 22.7. The van der Waals surface area contributed by atoms with Crippen molar-refractivity contribution in [3.63, 3.8) is 0 Å². The van der Waals surface area contributed by atoms with Crippen molar-refractivity contribution in [2.45, 2.75) is 69.6 Å². The monoisotopic (exact) mass is 920 g/mol. The molecule has 1 aliphatic carbocycles. The Bertz CT molecular complexity index is 2970. The maximum Gasteiger partial charge on any atom is 0.247 e. The van der Waals surface area contributed by atoms with Gasteiger partial charge in [-0.15, -0.1) is 31.4 Å². The fourth-order valence-electron chi connectivity index (χ4n) is 9.06. The zero-order valence-electron chi connectivity index (χ0n) is 35.4. The Morgan fingerprint density at radius 3 is 2.25 bits per heavy atom. The summed E-state index contributed by atoms with van der Waals surface area (Å²) in [6.07, 6.45) is 10.1. The lowest BCUT2D eigenvalue weighted by Gasteiger charge is -2.24. The van der Waals surface area contributed by atoms with Gasteiger partial charge < -0.3 is 15.7 Å².